The van der Waals surface area contributed by atoms with Crippen molar-refractivity contribution in [2.45, 2.75) is 11.4 Å². The van der Waals surface area contributed by atoms with E-state index in [1.807, 2.05) is 0 Å². The first kappa shape index (κ1) is 20.6. The molecule has 1 heterocycles. The van der Waals surface area contributed by atoms with Crippen LogP contribution in [0.1, 0.15) is 5.56 Å². The van der Waals surface area contributed by atoms with Gasteiger partial charge in [-0.2, -0.15) is 4.31 Å². The van der Waals surface area contributed by atoms with Gasteiger partial charge in [0.1, 0.15) is 5.75 Å². The van der Waals surface area contributed by atoms with E-state index in [2.05, 4.69) is 5.32 Å². The topological polar surface area (TPSA) is 84.9 Å². The number of rotatable bonds is 7. The van der Waals surface area contributed by atoms with Crippen molar-refractivity contribution < 1.29 is 22.7 Å². The van der Waals surface area contributed by atoms with Crippen LogP contribution in [0, 0.1) is 0 Å². The van der Waals surface area contributed by atoms with Crippen LogP contribution in [0.5, 0.6) is 5.75 Å². The maximum absolute atomic E-state index is 12.6. The third kappa shape index (κ3) is 5.23. The largest absolute Gasteiger partial charge is 0.482 e. The first-order chi connectivity index (χ1) is 13.5. The van der Waals surface area contributed by atoms with Gasteiger partial charge in [0.15, 0.2) is 6.61 Å². The number of ether oxygens (including phenoxy) is 2. The van der Waals surface area contributed by atoms with Crippen molar-refractivity contribution in [3.63, 3.8) is 0 Å². The molecule has 28 heavy (non-hydrogen) atoms. The number of benzene rings is 2. The number of carbonyl (C=O) groups excluding carboxylic acids is 1. The van der Waals surface area contributed by atoms with E-state index >= 15 is 0 Å². The van der Waals surface area contributed by atoms with Crippen LogP contribution in [0.2, 0.25) is 5.02 Å². The molecule has 0 atom stereocenters. The first-order valence-corrected chi connectivity index (χ1v) is 10.6. The zero-order valence-electron chi connectivity index (χ0n) is 15.1. The quantitative estimate of drug-likeness (QED) is 0.735. The van der Waals surface area contributed by atoms with Gasteiger partial charge >= 0.3 is 0 Å². The molecule has 0 radical (unpaired) electrons. The number of hydrogen-bond acceptors (Lipinski definition) is 5. The second-order valence-electron chi connectivity index (χ2n) is 6.16. The Hall–Kier alpha value is -2.13. The van der Waals surface area contributed by atoms with Crippen LogP contribution in [-0.2, 0) is 26.1 Å². The van der Waals surface area contributed by atoms with Crippen LogP contribution >= 0.6 is 11.6 Å². The van der Waals surface area contributed by atoms with Crippen LogP contribution in [0.15, 0.2) is 53.4 Å². The zero-order chi connectivity index (χ0) is 20.0. The smallest absolute Gasteiger partial charge is 0.258 e. The van der Waals surface area contributed by atoms with Crippen LogP contribution in [0.3, 0.4) is 0 Å². The lowest BCUT2D eigenvalue weighted by molar-refractivity contribution is -0.123. The second kappa shape index (κ2) is 9.38. The third-order valence-corrected chi connectivity index (χ3v) is 6.44. The molecule has 0 unspecified atom stereocenters. The fourth-order valence-electron chi connectivity index (χ4n) is 2.67. The van der Waals surface area contributed by atoms with Gasteiger partial charge in [-0.1, -0.05) is 35.9 Å². The average Bonchev–Trinajstić information content (AvgIpc) is 2.72. The Bertz CT molecular complexity index is 912. The summed E-state index contributed by atoms with van der Waals surface area (Å²) in [4.78, 5) is 12.2. The van der Waals surface area contributed by atoms with Gasteiger partial charge < -0.3 is 14.8 Å². The Labute approximate surface area is 169 Å². The van der Waals surface area contributed by atoms with Gasteiger partial charge in [-0.05, 0) is 29.8 Å². The third-order valence-electron chi connectivity index (χ3n) is 4.22. The highest BCUT2D eigenvalue weighted by atomic mass is 35.5. The zero-order valence-corrected chi connectivity index (χ0v) is 16.7. The van der Waals surface area contributed by atoms with Gasteiger partial charge in [0.05, 0.1) is 23.1 Å². The predicted molar refractivity (Wildman–Crippen MR) is 105 cm³/mol. The molecule has 9 heteroatoms. The number of amides is 1. The Morgan fingerprint density at radius 3 is 2.46 bits per heavy atom. The van der Waals surface area contributed by atoms with Crippen molar-refractivity contribution in [3.05, 3.63) is 59.1 Å². The Morgan fingerprint density at radius 2 is 1.79 bits per heavy atom. The van der Waals surface area contributed by atoms with E-state index in [0.717, 1.165) is 5.56 Å². The van der Waals surface area contributed by atoms with Crippen LogP contribution in [-0.4, -0.2) is 51.5 Å². The number of hydrogen-bond donors (Lipinski definition) is 1. The minimum Gasteiger partial charge on any atom is -0.482 e. The van der Waals surface area contributed by atoms with Crippen molar-refractivity contribution in [1.82, 2.24) is 9.62 Å². The van der Waals surface area contributed by atoms with Gasteiger partial charge in [0.25, 0.3) is 5.91 Å². The molecule has 1 fully saturated rings. The summed E-state index contributed by atoms with van der Waals surface area (Å²) in [6.07, 6.45) is 0. The van der Waals surface area contributed by atoms with Crippen molar-refractivity contribution in [2.75, 3.05) is 32.9 Å². The molecule has 1 saturated heterocycles. The van der Waals surface area contributed by atoms with Crippen molar-refractivity contribution in [3.8, 4) is 5.75 Å². The van der Waals surface area contributed by atoms with Crippen LogP contribution < -0.4 is 10.1 Å². The molecule has 0 bridgehead atoms. The highest BCUT2D eigenvalue weighted by Gasteiger charge is 2.26. The highest BCUT2D eigenvalue weighted by Crippen LogP contribution is 2.22. The number of para-hydroxylation sites is 1. The van der Waals surface area contributed by atoms with E-state index in [4.69, 9.17) is 21.1 Å². The molecule has 1 amide bonds. The summed E-state index contributed by atoms with van der Waals surface area (Å²) in [6.45, 7) is 1.62. The molecular weight excluding hydrogens is 404 g/mol. The SMILES string of the molecule is O=C(COc1ccccc1Cl)NCc1ccc(S(=O)(=O)N2CCOCC2)cc1. The number of nitrogens with zero attached hydrogens (tertiary/aromatic N) is 1. The molecule has 0 saturated carbocycles. The summed E-state index contributed by atoms with van der Waals surface area (Å²) < 4.78 is 37.2. The number of sulfonamides is 1. The van der Waals surface area contributed by atoms with Gasteiger partial charge in [0, 0.05) is 19.6 Å². The van der Waals surface area contributed by atoms with E-state index < -0.39 is 10.0 Å². The van der Waals surface area contributed by atoms with E-state index in [1.165, 1.54) is 4.31 Å². The summed E-state index contributed by atoms with van der Waals surface area (Å²) in [5.41, 5.74) is 0.784. The molecular formula is C19H21ClN2O5S. The summed E-state index contributed by atoms with van der Waals surface area (Å²) in [7, 11) is -3.52. The van der Waals surface area contributed by atoms with Crippen molar-refractivity contribution >= 4 is 27.5 Å². The van der Waals surface area contributed by atoms with Crippen LogP contribution in [0.25, 0.3) is 0 Å². The van der Waals surface area contributed by atoms with Crippen molar-refractivity contribution in [2.24, 2.45) is 0 Å². The van der Waals surface area contributed by atoms with Gasteiger partial charge in [-0.25, -0.2) is 8.42 Å². The highest BCUT2D eigenvalue weighted by molar-refractivity contribution is 7.89. The first-order valence-electron chi connectivity index (χ1n) is 8.78. The molecule has 0 aliphatic carbocycles. The molecule has 1 N–H and O–H groups in total. The van der Waals surface area contributed by atoms with Crippen molar-refractivity contribution in [1.29, 1.82) is 0 Å². The molecule has 1 aliphatic heterocycles. The summed E-state index contributed by atoms with van der Waals surface area (Å²) in [5, 5.41) is 3.16. The van der Waals surface area contributed by atoms with Gasteiger partial charge in [-0.3, -0.25) is 4.79 Å². The van der Waals surface area contributed by atoms with E-state index in [-0.39, 0.29) is 24.0 Å². The fraction of sp³-hybridized carbons (Fsp3) is 0.316. The maximum atomic E-state index is 12.6. The minimum atomic E-state index is -3.52. The number of nitrogens with one attached hydrogen (secondary N) is 1. The Morgan fingerprint density at radius 1 is 1.11 bits per heavy atom. The number of halogens is 1. The second-order valence-corrected chi connectivity index (χ2v) is 8.50. The van der Waals surface area contributed by atoms with Gasteiger partial charge in [0.2, 0.25) is 10.0 Å². The molecule has 2 aromatic rings. The fourth-order valence-corrected chi connectivity index (χ4v) is 4.27. The molecule has 3 rings (SSSR count). The maximum Gasteiger partial charge on any atom is 0.258 e. The molecule has 150 valence electrons. The number of carbonyl (C=O) groups is 1. The Kier molecular flexibility index (Phi) is 6.90. The monoisotopic (exact) mass is 424 g/mol. The minimum absolute atomic E-state index is 0.159. The Balaban J connectivity index is 1.51. The van der Waals surface area contributed by atoms with E-state index in [1.54, 1.807) is 48.5 Å². The molecule has 7 nitrogen and oxygen atoms in total. The lowest BCUT2D eigenvalue weighted by atomic mass is 10.2. The van der Waals surface area contributed by atoms with Gasteiger partial charge in [-0.15, -0.1) is 0 Å². The molecule has 0 spiro atoms. The molecule has 2 aromatic carbocycles. The normalized spacial score (nSPS) is 15.2. The lowest BCUT2D eigenvalue weighted by Gasteiger charge is -2.26. The summed E-state index contributed by atoms with van der Waals surface area (Å²) in [5.74, 6) is 0.141. The van der Waals surface area contributed by atoms with E-state index in [0.29, 0.717) is 37.1 Å². The summed E-state index contributed by atoms with van der Waals surface area (Å²) >= 11 is 5.97. The number of morpholine rings is 1. The average molecular weight is 425 g/mol. The lowest BCUT2D eigenvalue weighted by Crippen LogP contribution is -2.40. The summed E-state index contributed by atoms with van der Waals surface area (Å²) in [6, 6.07) is 13.4. The standard InChI is InChI=1S/C19H21ClN2O5S/c20-17-3-1-2-4-18(17)27-14-19(23)21-13-15-5-7-16(8-6-15)28(24,25)22-9-11-26-12-10-22/h1-8H,9-14H2,(H,21,23). The molecule has 1 aliphatic rings. The van der Waals surface area contributed by atoms with E-state index in [9.17, 15) is 13.2 Å². The van der Waals surface area contributed by atoms with Crippen LogP contribution in [0.4, 0.5) is 0 Å². The molecule has 0 aromatic heterocycles. The predicted octanol–water partition coefficient (Wildman–Crippen LogP) is 2.06.